The maximum Gasteiger partial charge on any atom is 0.416 e. The molecule has 0 spiro atoms. The molecule has 3 aromatic rings. The van der Waals surface area contributed by atoms with E-state index in [1.165, 1.54) is 6.07 Å². The molecule has 0 saturated heterocycles. The van der Waals surface area contributed by atoms with Crippen molar-refractivity contribution in [3.8, 4) is 0 Å². The number of nitrogens with zero attached hydrogens (tertiary/aromatic N) is 3. The molecule has 0 aliphatic rings. The summed E-state index contributed by atoms with van der Waals surface area (Å²) in [5.74, 6) is 0.336. The van der Waals surface area contributed by atoms with Gasteiger partial charge in [0.25, 0.3) is 0 Å². The Kier molecular flexibility index (Phi) is 2.63. The van der Waals surface area contributed by atoms with Gasteiger partial charge < -0.3 is 8.83 Å². The monoisotopic (exact) mass is 284 g/mol. The molecule has 0 fully saturated rings. The van der Waals surface area contributed by atoms with Crippen LogP contribution in [0.2, 0.25) is 0 Å². The SMILES string of the molecule is Cc1nnc(Nc2nc3ccc(C(F)(F)F)cc3o2)o1. The Morgan fingerprint density at radius 1 is 1.10 bits per heavy atom. The van der Waals surface area contributed by atoms with E-state index in [-0.39, 0.29) is 23.1 Å². The lowest BCUT2D eigenvalue weighted by atomic mass is 10.2. The molecule has 1 aromatic carbocycles. The van der Waals surface area contributed by atoms with Gasteiger partial charge in [0.2, 0.25) is 5.89 Å². The number of aryl methyl sites for hydroxylation is 1. The number of anilines is 2. The van der Waals surface area contributed by atoms with Crippen molar-refractivity contribution in [2.45, 2.75) is 13.1 Å². The molecule has 0 bridgehead atoms. The van der Waals surface area contributed by atoms with Gasteiger partial charge in [0.05, 0.1) is 5.56 Å². The normalized spacial score (nSPS) is 12.0. The van der Waals surface area contributed by atoms with Crippen molar-refractivity contribution in [3.05, 3.63) is 29.7 Å². The minimum atomic E-state index is -4.43. The van der Waals surface area contributed by atoms with Gasteiger partial charge in [0, 0.05) is 6.92 Å². The van der Waals surface area contributed by atoms with Gasteiger partial charge in [0.15, 0.2) is 5.58 Å². The van der Waals surface area contributed by atoms with Gasteiger partial charge in [-0.15, -0.1) is 5.10 Å². The highest BCUT2D eigenvalue weighted by Gasteiger charge is 2.31. The highest BCUT2D eigenvalue weighted by Crippen LogP contribution is 2.32. The Labute approximate surface area is 109 Å². The molecular formula is C11H7F3N4O2. The highest BCUT2D eigenvalue weighted by molar-refractivity contribution is 5.75. The molecule has 2 aromatic heterocycles. The van der Waals surface area contributed by atoms with Gasteiger partial charge in [-0.25, -0.2) is 0 Å². The van der Waals surface area contributed by atoms with E-state index < -0.39 is 11.7 Å². The number of oxazole rings is 1. The van der Waals surface area contributed by atoms with Crippen LogP contribution in [0, 0.1) is 6.92 Å². The summed E-state index contributed by atoms with van der Waals surface area (Å²) in [5, 5.41) is 9.82. The van der Waals surface area contributed by atoms with Crippen LogP contribution in [-0.2, 0) is 6.18 Å². The number of hydrogen-bond donors (Lipinski definition) is 1. The summed E-state index contributed by atoms with van der Waals surface area (Å²) < 4.78 is 47.9. The highest BCUT2D eigenvalue weighted by atomic mass is 19.4. The standard InChI is InChI=1S/C11H7F3N4O2/c1-5-17-18-10(19-5)16-9-15-7-3-2-6(11(12,13)14)4-8(7)20-9/h2-4H,1H3,(H,15,16,18). The summed E-state index contributed by atoms with van der Waals surface area (Å²) in [6.07, 6.45) is -4.43. The quantitative estimate of drug-likeness (QED) is 0.778. The van der Waals surface area contributed by atoms with Crippen molar-refractivity contribution in [3.63, 3.8) is 0 Å². The van der Waals surface area contributed by atoms with E-state index in [0.717, 1.165) is 12.1 Å². The third-order valence-electron chi connectivity index (χ3n) is 2.46. The van der Waals surface area contributed by atoms with Crippen LogP contribution in [-0.4, -0.2) is 15.2 Å². The summed E-state index contributed by atoms with van der Waals surface area (Å²) in [6.45, 7) is 1.60. The fraction of sp³-hybridized carbons (Fsp3) is 0.182. The van der Waals surface area contributed by atoms with Crippen molar-refractivity contribution in [1.82, 2.24) is 15.2 Å². The topological polar surface area (TPSA) is 77.0 Å². The van der Waals surface area contributed by atoms with Gasteiger partial charge >= 0.3 is 18.2 Å². The Hall–Kier alpha value is -2.58. The molecule has 1 N–H and O–H groups in total. The zero-order chi connectivity index (χ0) is 14.3. The van der Waals surface area contributed by atoms with E-state index in [2.05, 4.69) is 20.5 Å². The average Bonchev–Trinajstić information content (AvgIpc) is 2.93. The third-order valence-corrected chi connectivity index (χ3v) is 2.46. The van der Waals surface area contributed by atoms with E-state index in [9.17, 15) is 13.2 Å². The molecule has 3 rings (SSSR count). The van der Waals surface area contributed by atoms with Crippen molar-refractivity contribution < 1.29 is 22.0 Å². The van der Waals surface area contributed by atoms with E-state index in [0.29, 0.717) is 5.89 Å². The lowest BCUT2D eigenvalue weighted by Crippen LogP contribution is -2.03. The van der Waals surface area contributed by atoms with Crippen molar-refractivity contribution in [2.75, 3.05) is 5.32 Å². The van der Waals surface area contributed by atoms with Gasteiger partial charge in [0.1, 0.15) is 5.52 Å². The van der Waals surface area contributed by atoms with Crippen LogP contribution in [0.1, 0.15) is 11.5 Å². The molecule has 0 saturated carbocycles. The van der Waals surface area contributed by atoms with Gasteiger partial charge in [-0.1, -0.05) is 5.10 Å². The minimum Gasteiger partial charge on any atom is -0.423 e. The number of aromatic nitrogens is 3. The van der Waals surface area contributed by atoms with E-state index >= 15 is 0 Å². The molecule has 2 heterocycles. The van der Waals surface area contributed by atoms with Gasteiger partial charge in [-0.05, 0) is 18.2 Å². The zero-order valence-corrected chi connectivity index (χ0v) is 10.0. The Morgan fingerprint density at radius 2 is 1.90 bits per heavy atom. The molecule has 104 valence electrons. The summed E-state index contributed by atoms with van der Waals surface area (Å²) in [4.78, 5) is 3.97. The number of nitrogens with one attached hydrogen (secondary N) is 1. The molecule has 0 radical (unpaired) electrons. The smallest absolute Gasteiger partial charge is 0.416 e. The van der Waals surface area contributed by atoms with Crippen molar-refractivity contribution >= 4 is 23.1 Å². The lowest BCUT2D eigenvalue weighted by Gasteiger charge is -2.04. The summed E-state index contributed by atoms with van der Waals surface area (Å²) in [6, 6.07) is 3.07. The molecule has 9 heteroatoms. The first-order valence-electron chi connectivity index (χ1n) is 5.47. The van der Waals surface area contributed by atoms with Crippen LogP contribution < -0.4 is 5.32 Å². The lowest BCUT2D eigenvalue weighted by molar-refractivity contribution is -0.137. The van der Waals surface area contributed by atoms with Crippen LogP contribution in [0.5, 0.6) is 0 Å². The molecule has 0 amide bonds. The first kappa shape index (κ1) is 12.5. The predicted octanol–water partition coefficient (Wildman–Crippen LogP) is 3.28. The van der Waals surface area contributed by atoms with Gasteiger partial charge in [-0.3, -0.25) is 5.32 Å². The average molecular weight is 284 g/mol. The molecule has 20 heavy (non-hydrogen) atoms. The van der Waals surface area contributed by atoms with E-state index in [4.69, 9.17) is 8.83 Å². The molecule has 0 unspecified atom stereocenters. The number of fused-ring (bicyclic) bond motifs is 1. The minimum absolute atomic E-state index is 0.0126. The number of hydrogen-bond acceptors (Lipinski definition) is 6. The first-order chi connectivity index (χ1) is 9.41. The Bertz CT molecular complexity index is 762. The second kappa shape index (κ2) is 4.22. The fourth-order valence-corrected chi connectivity index (χ4v) is 1.59. The number of benzene rings is 1. The zero-order valence-electron chi connectivity index (χ0n) is 10.0. The predicted molar refractivity (Wildman–Crippen MR) is 61.3 cm³/mol. The van der Waals surface area contributed by atoms with Crippen LogP contribution in [0.25, 0.3) is 11.1 Å². The largest absolute Gasteiger partial charge is 0.423 e. The number of halogens is 3. The van der Waals surface area contributed by atoms with E-state index in [1.807, 2.05) is 0 Å². The number of rotatable bonds is 2. The summed E-state index contributed by atoms with van der Waals surface area (Å²) in [7, 11) is 0. The molecule has 6 nitrogen and oxygen atoms in total. The number of alkyl halides is 3. The maximum absolute atomic E-state index is 12.6. The molecule has 0 aliphatic heterocycles. The summed E-state index contributed by atoms with van der Waals surface area (Å²) >= 11 is 0. The molecule has 0 aliphatic carbocycles. The molecular weight excluding hydrogens is 277 g/mol. The second-order valence-electron chi connectivity index (χ2n) is 3.95. The van der Waals surface area contributed by atoms with E-state index in [1.54, 1.807) is 6.92 Å². The first-order valence-corrected chi connectivity index (χ1v) is 5.47. The van der Waals surface area contributed by atoms with Crippen LogP contribution in [0.3, 0.4) is 0 Å². The fourth-order valence-electron chi connectivity index (χ4n) is 1.59. The molecule has 0 atom stereocenters. The maximum atomic E-state index is 12.6. The van der Waals surface area contributed by atoms with Crippen molar-refractivity contribution in [1.29, 1.82) is 0 Å². The Morgan fingerprint density at radius 3 is 2.55 bits per heavy atom. The van der Waals surface area contributed by atoms with Crippen LogP contribution in [0.15, 0.2) is 27.0 Å². The van der Waals surface area contributed by atoms with Crippen LogP contribution >= 0.6 is 0 Å². The third kappa shape index (κ3) is 2.29. The summed E-state index contributed by atoms with van der Waals surface area (Å²) in [5.41, 5.74) is -0.503. The second-order valence-corrected chi connectivity index (χ2v) is 3.95. The van der Waals surface area contributed by atoms with Gasteiger partial charge in [-0.2, -0.15) is 18.2 Å². The van der Waals surface area contributed by atoms with Crippen molar-refractivity contribution in [2.24, 2.45) is 0 Å². The Balaban J connectivity index is 1.94. The van der Waals surface area contributed by atoms with Crippen LogP contribution in [0.4, 0.5) is 25.2 Å².